The van der Waals surface area contributed by atoms with E-state index in [9.17, 15) is 4.79 Å². The van der Waals surface area contributed by atoms with Gasteiger partial charge >= 0.3 is 0 Å². The molecule has 2 heterocycles. The van der Waals surface area contributed by atoms with E-state index >= 15 is 0 Å². The summed E-state index contributed by atoms with van der Waals surface area (Å²) in [5, 5.41) is 2.87. The van der Waals surface area contributed by atoms with Gasteiger partial charge < -0.3 is 15.0 Å². The Hall–Kier alpha value is -0.610. The van der Waals surface area contributed by atoms with Gasteiger partial charge in [-0.2, -0.15) is 0 Å². The van der Waals surface area contributed by atoms with Crippen molar-refractivity contribution in [2.45, 2.75) is 18.6 Å². The number of carbonyl (C=O) groups excluding carboxylic acids is 1. The first-order valence-corrected chi connectivity index (χ1v) is 4.37. The third-order valence-corrected chi connectivity index (χ3v) is 2.55. The second-order valence-electron chi connectivity index (χ2n) is 3.42. The summed E-state index contributed by atoms with van der Waals surface area (Å²) in [5.74, 6) is 0.202. The normalized spacial score (nSPS) is 32.9. The molecular formula is C8H14N2O2. The van der Waals surface area contributed by atoms with Gasteiger partial charge in [-0.3, -0.25) is 4.79 Å². The average Bonchev–Trinajstić information content (AvgIpc) is 2.64. The van der Waals surface area contributed by atoms with Crippen molar-refractivity contribution in [1.29, 1.82) is 0 Å². The van der Waals surface area contributed by atoms with Crippen molar-refractivity contribution in [1.82, 2.24) is 10.2 Å². The molecule has 1 N–H and O–H groups in total. The number of morpholine rings is 1. The minimum atomic E-state index is 0.202. The number of amides is 1. The maximum Gasteiger partial charge on any atom is 0.236 e. The summed E-state index contributed by atoms with van der Waals surface area (Å²) in [4.78, 5) is 13.4. The molecule has 0 saturated carbocycles. The molecule has 2 atom stereocenters. The molecule has 0 unspecified atom stereocenters. The molecule has 2 aliphatic heterocycles. The molecule has 4 nitrogen and oxygen atoms in total. The third kappa shape index (κ3) is 1.21. The van der Waals surface area contributed by atoms with E-state index in [1.807, 2.05) is 4.90 Å². The number of nitrogens with one attached hydrogen (secondary N) is 1. The van der Waals surface area contributed by atoms with Gasteiger partial charge in [-0.25, -0.2) is 0 Å². The summed E-state index contributed by atoms with van der Waals surface area (Å²) in [6.07, 6.45) is 1.35. The predicted octanol–water partition coefficient (Wildman–Crippen LogP) is -0.794. The molecule has 0 radical (unpaired) electrons. The van der Waals surface area contributed by atoms with E-state index in [-0.39, 0.29) is 5.91 Å². The maximum absolute atomic E-state index is 11.4. The minimum absolute atomic E-state index is 0.202. The van der Waals surface area contributed by atoms with Gasteiger partial charge in [0.1, 0.15) is 0 Å². The topological polar surface area (TPSA) is 41.6 Å². The number of hydrogen-bond acceptors (Lipinski definition) is 3. The SMILES string of the molecule is CNCC(=O)N1C[C@H]2C[C@H]1CO2. The van der Waals surface area contributed by atoms with Gasteiger partial charge in [0.15, 0.2) is 0 Å². The van der Waals surface area contributed by atoms with Crippen LogP contribution in [0.15, 0.2) is 0 Å². The number of carbonyl (C=O) groups is 1. The van der Waals surface area contributed by atoms with Crippen molar-refractivity contribution < 1.29 is 9.53 Å². The molecule has 2 saturated heterocycles. The Morgan fingerprint density at radius 1 is 1.75 bits per heavy atom. The standard InChI is InChI=1S/C8H14N2O2/c1-9-3-8(11)10-4-7-2-6(10)5-12-7/h6-7,9H,2-5H2,1H3/t6-,7+/m0/s1. The summed E-state index contributed by atoms with van der Waals surface area (Å²) in [6, 6.07) is 0.357. The summed E-state index contributed by atoms with van der Waals surface area (Å²) in [7, 11) is 1.79. The van der Waals surface area contributed by atoms with E-state index in [1.54, 1.807) is 7.05 Å². The number of hydrogen-bond donors (Lipinski definition) is 1. The molecule has 68 valence electrons. The van der Waals surface area contributed by atoms with Crippen LogP contribution in [0.25, 0.3) is 0 Å². The molecule has 0 spiro atoms. The van der Waals surface area contributed by atoms with E-state index in [0.717, 1.165) is 19.6 Å². The van der Waals surface area contributed by atoms with Crippen LogP contribution >= 0.6 is 0 Å². The lowest BCUT2D eigenvalue weighted by atomic mass is 10.2. The van der Waals surface area contributed by atoms with Gasteiger partial charge in [-0.15, -0.1) is 0 Å². The fourth-order valence-electron chi connectivity index (χ4n) is 1.96. The minimum Gasteiger partial charge on any atom is -0.374 e. The molecule has 12 heavy (non-hydrogen) atoms. The zero-order valence-electron chi connectivity index (χ0n) is 7.25. The van der Waals surface area contributed by atoms with Gasteiger partial charge in [-0.05, 0) is 13.5 Å². The highest BCUT2D eigenvalue weighted by Crippen LogP contribution is 2.27. The highest BCUT2D eigenvalue weighted by molar-refractivity contribution is 5.79. The Bertz CT molecular complexity index is 195. The number of nitrogens with zero attached hydrogens (tertiary/aromatic N) is 1. The fraction of sp³-hybridized carbons (Fsp3) is 0.875. The predicted molar refractivity (Wildman–Crippen MR) is 43.8 cm³/mol. The maximum atomic E-state index is 11.4. The quantitative estimate of drug-likeness (QED) is 0.590. The second kappa shape index (κ2) is 3.03. The van der Waals surface area contributed by atoms with Crippen molar-refractivity contribution >= 4 is 5.91 Å². The van der Waals surface area contributed by atoms with Crippen molar-refractivity contribution in [3.05, 3.63) is 0 Å². The Morgan fingerprint density at radius 2 is 2.58 bits per heavy atom. The van der Waals surface area contributed by atoms with Crippen molar-refractivity contribution in [2.75, 3.05) is 26.7 Å². The van der Waals surface area contributed by atoms with E-state index in [1.165, 1.54) is 0 Å². The molecule has 2 rings (SSSR count). The summed E-state index contributed by atoms with van der Waals surface area (Å²) < 4.78 is 5.40. The van der Waals surface area contributed by atoms with Crippen molar-refractivity contribution in [3.63, 3.8) is 0 Å². The first-order valence-electron chi connectivity index (χ1n) is 4.37. The largest absolute Gasteiger partial charge is 0.374 e. The van der Waals surface area contributed by atoms with Crippen LogP contribution in [0, 0.1) is 0 Å². The van der Waals surface area contributed by atoms with Crippen LogP contribution in [0.3, 0.4) is 0 Å². The zero-order chi connectivity index (χ0) is 8.55. The van der Waals surface area contributed by atoms with E-state index < -0.39 is 0 Å². The molecule has 0 aromatic carbocycles. The number of likely N-dealkylation sites (tertiary alicyclic amines) is 1. The number of fused-ring (bicyclic) bond motifs is 2. The van der Waals surface area contributed by atoms with Crippen LogP contribution in [0.4, 0.5) is 0 Å². The zero-order valence-corrected chi connectivity index (χ0v) is 7.25. The monoisotopic (exact) mass is 170 g/mol. The third-order valence-electron chi connectivity index (χ3n) is 2.55. The first-order chi connectivity index (χ1) is 5.81. The van der Waals surface area contributed by atoms with E-state index in [0.29, 0.717) is 18.7 Å². The Labute approximate surface area is 71.9 Å². The smallest absolute Gasteiger partial charge is 0.236 e. The highest BCUT2D eigenvalue weighted by atomic mass is 16.5. The molecule has 2 bridgehead atoms. The number of rotatable bonds is 2. The lowest BCUT2D eigenvalue weighted by Crippen LogP contribution is -2.44. The van der Waals surface area contributed by atoms with Crippen LogP contribution in [0.1, 0.15) is 6.42 Å². The van der Waals surface area contributed by atoms with Gasteiger partial charge in [0.2, 0.25) is 5.91 Å². The summed E-state index contributed by atoms with van der Waals surface area (Å²) in [6.45, 7) is 1.98. The summed E-state index contributed by atoms with van der Waals surface area (Å²) in [5.41, 5.74) is 0. The van der Waals surface area contributed by atoms with E-state index in [2.05, 4.69) is 5.32 Å². The van der Waals surface area contributed by atoms with Gasteiger partial charge in [0.05, 0.1) is 25.3 Å². The highest BCUT2D eigenvalue weighted by Gasteiger charge is 2.40. The van der Waals surface area contributed by atoms with Crippen LogP contribution in [-0.2, 0) is 9.53 Å². The molecule has 2 aliphatic rings. The molecule has 1 amide bonds. The van der Waals surface area contributed by atoms with Crippen LogP contribution in [0.5, 0.6) is 0 Å². The lowest BCUT2D eigenvalue weighted by molar-refractivity contribution is -0.134. The number of likely N-dealkylation sites (N-methyl/N-ethyl adjacent to an activating group) is 1. The number of ether oxygens (including phenoxy) is 1. The molecular weight excluding hydrogens is 156 g/mol. The fourth-order valence-corrected chi connectivity index (χ4v) is 1.96. The van der Waals surface area contributed by atoms with Gasteiger partial charge in [0, 0.05) is 6.54 Å². The molecule has 2 fully saturated rings. The van der Waals surface area contributed by atoms with Crippen LogP contribution in [-0.4, -0.2) is 49.7 Å². The lowest BCUT2D eigenvalue weighted by Gasteiger charge is -2.26. The van der Waals surface area contributed by atoms with Crippen molar-refractivity contribution in [2.24, 2.45) is 0 Å². The second-order valence-corrected chi connectivity index (χ2v) is 3.42. The molecule has 0 aliphatic carbocycles. The van der Waals surface area contributed by atoms with E-state index in [4.69, 9.17) is 4.74 Å². The average molecular weight is 170 g/mol. The first kappa shape index (κ1) is 8.01. The Balaban J connectivity index is 1.93. The Morgan fingerprint density at radius 3 is 3.08 bits per heavy atom. The van der Waals surface area contributed by atoms with Crippen molar-refractivity contribution in [3.8, 4) is 0 Å². The Kier molecular flexibility index (Phi) is 2.02. The molecule has 0 aromatic rings. The summed E-state index contributed by atoms with van der Waals surface area (Å²) >= 11 is 0. The van der Waals surface area contributed by atoms with Gasteiger partial charge in [-0.1, -0.05) is 0 Å². The molecule has 4 heteroatoms. The molecule has 0 aromatic heterocycles. The van der Waals surface area contributed by atoms with Crippen LogP contribution < -0.4 is 5.32 Å². The van der Waals surface area contributed by atoms with Crippen LogP contribution in [0.2, 0.25) is 0 Å². The van der Waals surface area contributed by atoms with Gasteiger partial charge in [0.25, 0.3) is 0 Å².